The van der Waals surface area contributed by atoms with E-state index in [9.17, 15) is 9.18 Å². The molecule has 1 aromatic carbocycles. The maximum atomic E-state index is 14.3. The summed E-state index contributed by atoms with van der Waals surface area (Å²) in [5.41, 5.74) is 8.44. The maximum absolute atomic E-state index is 14.3. The van der Waals surface area contributed by atoms with Gasteiger partial charge in [-0.05, 0) is 48.9 Å². The first-order valence-corrected chi connectivity index (χ1v) is 8.96. The highest BCUT2D eigenvalue weighted by Gasteiger charge is 2.39. The molecule has 1 amide bonds. The molecule has 2 N–H and O–H groups in total. The van der Waals surface area contributed by atoms with Gasteiger partial charge in [0.2, 0.25) is 5.91 Å². The Morgan fingerprint density at radius 3 is 2.92 bits per heavy atom. The van der Waals surface area contributed by atoms with Gasteiger partial charge in [-0.1, -0.05) is 25.0 Å². The molecule has 130 valence electrons. The Balaban J connectivity index is 1.57. The van der Waals surface area contributed by atoms with Crippen molar-refractivity contribution < 1.29 is 9.18 Å². The van der Waals surface area contributed by atoms with Gasteiger partial charge in [0.05, 0.1) is 0 Å². The van der Waals surface area contributed by atoms with Crippen molar-refractivity contribution in [3.8, 4) is 11.1 Å². The molecule has 2 aliphatic rings. The highest BCUT2D eigenvalue weighted by molar-refractivity contribution is 5.79. The van der Waals surface area contributed by atoms with Gasteiger partial charge >= 0.3 is 0 Å². The van der Waals surface area contributed by atoms with Gasteiger partial charge in [-0.3, -0.25) is 15.2 Å². The molecule has 4 nitrogen and oxygen atoms in total. The van der Waals surface area contributed by atoms with Crippen LogP contribution in [0.5, 0.6) is 0 Å². The van der Waals surface area contributed by atoms with Crippen LogP contribution in [0.3, 0.4) is 0 Å². The molecule has 25 heavy (non-hydrogen) atoms. The molecule has 1 aromatic heterocycles. The number of pyridine rings is 1. The Hall–Kier alpha value is -2.27. The minimum absolute atomic E-state index is 0.109. The third-order valence-corrected chi connectivity index (χ3v) is 5.51. The van der Waals surface area contributed by atoms with Crippen molar-refractivity contribution in [1.29, 1.82) is 0 Å². The number of benzene rings is 1. The number of nitrogens with one attached hydrogen (secondary N) is 2. The molecule has 3 atom stereocenters. The first-order valence-electron chi connectivity index (χ1n) is 8.96. The van der Waals surface area contributed by atoms with Crippen LogP contribution in [-0.4, -0.2) is 16.9 Å². The molecule has 1 aliphatic carbocycles. The van der Waals surface area contributed by atoms with Crippen LogP contribution in [0.2, 0.25) is 0 Å². The van der Waals surface area contributed by atoms with E-state index in [1.807, 2.05) is 24.3 Å². The van der Waals surface area contributed by atoms with Gasteiger partial charge in [-0.25, -0.2) is 9.82 Å². The molecule has 1 aliphatic heterocycles. The highest BCUT2D eigenvalue weighted by Crippen LogP contribution is 2.35. The smallest absolute Gasteiger partial charge is 0.237 e. The van der Waals surface area contributed by atoms with E-state index >= 15 is 0 Å². The monoisotopic (exact) mass is 339 g/mol. The average Bonchev–Trinajstić information content (AvgIpc) is 2.66. The van der Waals surface area contributed by atoms with Gasteiger partial charge in [-0.15, -0.1) is 0 Å². The topological polar surface area (TPSA) is 54.0 Å². The second kappa shape index (κ2) is 6.92. The van der Waals surface area contributed by atoms with Crippen molar-refractivity contribution in [2.45, 2.75) is 38.1 Å². The Morgan fingerprint density at radius 2 is 2.08 bits per heavy atom. The third-order valence-electron chi connectivity index (χ3n) is 5.51. The fourth-order valence-corrected chi connectivity index (χ4v) is 4.23. The second-order valence-electron chi connectivity index (χ2n) is 7.05. The fraction of sp³-hybridized carbons (Fsp3) is 0.400. The number of amides is 1. The standard InChI is InChI=1S/C20H22FN3O/c21-18-8-7-13(10-17(18)14-4-3-9-22-12-14)11-19-15-5-1-2-6-16(15)20(25)24-23-19/h3-4,7-10,12,15-16,19,23H,1-2,5-6,11H2,(H,24,25). The van der Waals surface area contributed by atoms with E-state index in [2.05, 4.69) is 15.8 Å². The molecule has 1 saturated carbocycles. The van der Waals surface area contributed by atoms with Gasteiger partial charge in [0.15, 0.2) is 0 Å². The first-order chi connectivity index (χ1) is 12.2. The van der Waals surface area contributed by atoms with Crippen LogP contribution in [0.4, 0.5) is 4.39 Å². The number of carbonyl (C=O) groups excluding carboxylic acids is 1. The number of hydrazine groups is 1. The number of rotatable bonds is 3. The lowest BCUT2D eigenvalue weighted by atomic mass is 9.72. The summed E-state index contributed by atoms with van der Waals surface area (Å²) in [7, 11) is 0. The molecule has 3 unspecified atom stereocenters. The van der Waals surface area contributed by atoms with Crippen molar-refractivity contribution in [2.24, 2.45) is 11.8 Å². The van der Waals surface area contributed by atoms with E-state index in [-0.39, 0.29) is 23.7 Å². The van der Waals surface area contributed by atoms with E-state index in [0.717, 1.165) is 36.8 Å². The van der Waals surface area contributed by atoms with Gasteiger partial charge < -0.3 is 0 Å². The summed E-state index contributed by atoms with van der Waals surface area (Å²) < 4.78 is 14.3. The predicted octanol–water partition coefficient (Wildman–Crippen LogP) is 3.24. The molecule has 2 fully saturated rings. The Kier molecular flexibility index (Phi) is 4.49. The number of hydrogen-bond donors (Lipinski definition) is 2. The number of halogens is 1. The summed E-state index contributed by atoms with van der Waals surface area (Å²) in [6.07, 6.45) is 8.49. The van der Waals surface area contributed by atoms with Crippen molar-refractivity contribution >= 4 is 5.91 Å². The zero-order valence-electron chi connectivity index (χ0n) is 14.0. The lowest BCUT2D eigenvalue weighted by Gasteiger charge is -2.41. The molecule has 2 aromatic rings. The zero-order valence-corrected chi connectivity index (χ0v) is 14.0. The van der Waals surface area contributed by atoms with Crippen molar-refractivity contribution in [2.75, 3.05) is 0 Å². The molecular weight excluding hydrogens is 317 g/mol. The minimum atomic E-state index is -0.239. The SMILES string of the molecule is O=C1NNC(Cc2ccc(F)c(-c3cccnc3)c2)C2CCCCC12. The largest absolute Gasteiger partial charge is 0.291 e. The Bertz CT molecular complexity index is 765. The number of nitrogens with zero attached hydrogens (tertiary/aromatic N) is 1. The number of hydrogen-bond acceptors (Lipinski definition) is 3. The molecule has 1 saturated heterocycles. The molecule has 0 radical (unpaired) electrons. The van der Waals surface area contributed by atoms with E-state index in [1.165, 1.54) is 12.5 Å². The summed E-state index contributed by atoms with van der Waals surface area (Å²) in [5.74, 6) is 0.348. The molecule has 0 bridgehead atoms. The summed E-state index contributed by atoms with van der Waals surface area (Å²) in [5, 5.41) is 0. The van der Waals surface area contributed by atoms with Crippen LogP contribution < -0.4 is 10.9 Å². The molecule has 4 rings (SSSR count). The van der Waals surface area contributed by atoms with Gasteiger partial charge in [-0.2, -0.15) is 0 Å². The second-order valence-corrected chi connectivity index (χ2v) is 7.05. The first kappa shape index (κ1) is 16.2. The normalized spacial score (nSPS) is 26.0. The summed E-state index contributed by atoms with van der Waals surface area (Å²) >= 11 is 0. The number of aromatic nitrogens is 1. The third kappa shape index (κ3) is 3.29. The quantitative estimate of drug-likeness (QED) is 0.903. The maximum Gasteiger partial charge on any atom is 0.237 e. The van der Waals surface area contributed by atoms with E-state index in [4.69, 9.17) is 0 Å². The Morgan fingerprint density at radius 1 is 1.20 bits per heavy atom. The van der Waals surface area contributed by atoms with E-state index < -0.39 is 0 Å². The lowest BCUT2D eigenvalue weighted by Crippen LogP contribution is -2.60. The van der Waals surface area contributed by atoms with Crippen LogP contribution in [0.25, 0.3) is 11.1 Å². The summed E-state index contributed by atoms with van der Waals surface area (Å²) in [6.45, 7) is 0. The molecule has 2 heterocycles. The van der Waals surface area contributed by atoms with Crippen molar-refractivity contribution in [3.05, 3.63) is 54.1 Å². The van der Waals surface area contributed by atoms with Gasteiger partial charge in [0.1, 0.15) is 5.82 Å². The minimum Gasteiger partial charge on any atom is -0.291 e. The summed E-state index contributed by atoms with van der Waals surface area (Å²) in [6, 6.07) is 9.14. The van der Waals surface area contributed by atoms with Crippen LogP contribution in [0.15, 0.2) is 42.7 Å². The predicted molar refractivity (Wildman–Crippen MR) is 93.8 cm³/mol. The fourth-order valence-electron chi connectivity index (χ4n) is 4.23. The van der Waals surface area contributed by atoms with Crippen molar-refractivity contribution in [3.63, 3.8) is 0 Å². The van der Waals surface area contributed by atoms with Crippen molar-refractivity contribution in [1.82, 2.24) is 15.8 Å². The van der Waals surface area contributed by atoms with Gasteiger partial charge in [0, 0.05) is 35.5 Å². The lowest BCUT2D eigenvalue weighted by molar-refractivity contribution is -0.133. The van der Waals surface area contributed by atoms with Crippen LogP contribution in [0, 0.1) is 17.7 Å². The Labute approximate surface area is 146 Å². The molecule has 0 spiro atoms. The molecule has 5 heteroatoms. The van der Waals surface area contributed by atoms with Crippen LogP contribution >= 0.6 is 0 Å². The average molecular weight is 339 g/mol. The van der Waals surface area contributed by atoms with Crippen LogP contribution in [0.1, 0.15) is 31.2 Å². The van der Waals surface area contributed by atoms with E-state index in [0.29, 0.717) is 11.5 Å². The molecular formula is C20H22FN3O. The number of fused-ring (bicyclic) bond motifs is 1. The number of carbonyl (C=O) groups is 1. The van der Waals surface area contributed by atoms with Gasteiger partial charge in [0.25, 0.3) is 0 Å². The zero-order chi connectivity index (χ0) is 17.2. The van der Waals surface area contributed by atoms with E-state index in [1.54, 1.807) is 12.4 Å². The summed E-state index contributed by atoms with van der Waals surface area (Å²) in [4.78, 5) is 16.2. The van der Waals surface area contributed by atoms with Crippen LogP contribution in [-0.2, 0) is 11.2 Å². The highest BCUT2D eigenvalue weighted by atomic mass is 19.1.